The van der Waals surface area contributed by atoms with Crippen molar-refractivity contribution in [3.63, 3.8) is 0 Å². The van der Waals surface area contributed by atoms with Crippen LogP contribution in [-0.4, -0.2) is 77.1 Å². The number of aliphatic hydroxyl groups excluding tert-OH is 1. The lowest BCUT2D eigenvalue weighted by Crippen LogP contribution is -2.51. The molecule has 2 unspecified atom stereocenters. The van der Waals surface area contributed by atoms with Crippen LogP contribution in [0.2, 0.25) is 0 Å². The minimum absolute atomic E-state index is 0.0131. The van der Waals surface area contributed by atoms with E-state index in [0.29, 0.717) is 18.8 Å². The van der Waals surface area contributed by atoms with E-state index in [0.717, 1.165) is 52.8 Å². The van der Waals surface area contributed by atoms with E-state index in [-0.39, 0.29) is 44.7 Å². The molecule has 1 amide bonds. The zero-order valence-corrected chi connectivity index (χ0v) is 31.2. The maximum Gasteiger partial charge on any atom is 0.416 e. The highest BCUT2D eigenvalue weighted by atomic mass is 32.1. The number of carbonyl (C=O) groups is 2. The third kappa shape index (κ3) is 11.1. The normalized spacial score (nSPS) is 22.4. The highest BCUT2D eigenvalue weighted by Crippen LogP contribution is 2.44. The van der Waals surface area contributed by atoms with Crippen molar-refractivity contribution in [2.24, 2.45) is 18.9 Å². The Hall–Kier alpha value is -3.92. The van der Waals surface area contributed by atoms with E-state index in [1.807, 2.05) is 65.9 Å². The second kappa shape index (κ2) is 19.4. The number of alkyl halides is 5. The molecule has 3 aromatic rings. The second-order valence-corrected chi connectivity index (χ2v) is 13.3. The molecule has 8 nitrogen and oxygen atoms in total. The van der Waals surface area contributed by atoms with Crippen molar-refractivity contribution >= 4 is 36.0 Å². The van der Waals surface area contributed by atoms with Gasteiger partial charge in [0.25, 0.3) is 5.92 Å². The summed E-state index contributed by atoms with van der Waals surface area (Å²) in [5.41, 5.74) is 2.95. The van der Waals surface area contributed by atoms with E-state index in [1.165, 1.54) is 6.92 Å². The zero-order valence-electron chi connectivity index (χ0n) is 30.3. The van der Waals surface area contributed by atoms with Gasteiger partial charge < -0.3 is 19.8 Å². The van der Waals surface area contributed by atoms with Gasteiger partial charge in [0.15, 0.2) is 0 Å². The van der Waals surface area contributed by atoms with Crippen molar-refractivity contribution in [2.45, 2.75) is 63.6 Å². The minimum atomic E-state index is -4.67. The van der Waals surface area contributed by atoms with Gasteiger partial charge in [-0.15, -0.1) is 0 Å². The van der Waals surface area contributed by atoms with Crippen molar-refractivity contribution in [1.82, 2.24) is 24.5 Å². The van der Waals surface area contributed by atoms with Gasteiger partial charge in [0.2, 0.25) is 5.91 Å². The number of hydrogen-bond donors (Lipinski definition) is 4. The SMILES string of the molecule is CNS.CO.C\C=C(/C=C\C(=C\F)NC(=O)[C@H]1CC(N2CCC(F)(F)CC2)C[C@@H](c2ccc(-c3ccc4c(c3)nc(C)n4C)cc2)C1C=O)C(F)(F)F. The fourth-order valence-electron chi connectivity index (χ4n) is 6.92. The molecule has 2 aromatic carbocycles. The third-order valence-electron chi connectivity index (χ3n) is 9.76. The largest absolute Gasteiger partial charge is 0.416 e. The summed E-state index contributed by atoms with van der Waals surface area (Å²) in [5.74, 6) is -4.94. The molecule has 5 rings (SSSR count). The Morgan fingerprint density at radius 1 is 1.04 bits per heavy atom. The Kier molecular flexibility index (Phi) is 15.9. The molecule has 290 valence electrons. The summed E-state index contributed by atoms with van der Waals surface area (Å²) in [6, 6.07) is 13.3. The topological polar surface area (TPSA) is 99.5 Å². The number of piperidine rings is 1. The Bertz CT molecular complexity index is 1760. The number of rotatable bonds is 8. The highest BCUT2D eigenvalue weighted by Gasteiger charge is 2.45. The van der Waals surface area contributed by atoms with Crippen molar-refractivity contribution in [3.05, 3.63) is 89.7 Å². The number of benzene rings is 2. The van der Waals surface area contributed by atoms with Crippen molar-refractivity contribution in [2.75, 3.05) is 27.2 Å². The Balaban J connectivity index is 0.00000144. The van der Waals surface area contributed by atoms with Gasteiger partial charge in [-0.2, -0.15) is 13.2 Å². The van der Waals surface area contributed by atoms with Crippen LogP contribution in [0.4, 0.5) is 26.3 Å². The lowest BCUT2D eigenvalue weighted by Gasteiger charge is -2.45. The van der Waals surface area contributed by atoms with Crippen LogP contribution >= 0.6 is 12.8 Å². The average Bonchev–Trinajstić information content (AvgIpc) is 3.43. The van der Waals surface area contributed by atoms with Crippen LogP contribution in [0.3, 0.4) is 0 Å². The predicted molar refractivity (Wildman–Crippen MR) is 198 cm³/mol. The van der Waals surface area contributed by atoms with Gasteiger partial charge in [0, 0.05) is 58.0 Å². The first-order valence-electron chi connectivity index (χ1n) is 17.0. The summed E-state index contributed by atoms with van der Waals surface area (Å²) in [7, 11) is 4.69. The van der Waals surface area contributed by atoms with Gasteiger partial charge in [-0.1, -0.05) is 49.2 Å². The van der Waals surface area contributed by atoms with Gasteiger partial charge in [-0.3, -0.25) is 14.4 Å². The fraction of sp³-hybridized carbons (Fsp3) is 0.447. The number of aromatic nitrogens is 2. The van der Waals surface area contributed by atoms with E-state index in [9.17, 15) is 35.9 Å². The molecular formula is C38H47F6N5O3S. The molecule has 0 spiro atoms. The van der Waals surface area contributed by atoms with Crippen molar-refractivity contribution in [3.8, 4) is 11.1 Å². The number of nitrogens with zero attached hydrogens (tertiary/aromatic N) is 3. The van der Waals surface area contributed by atoms with E-state index < -0.39 is 47.0 Å². The van der Waals surface area contributed by atoms with Crippen LogP contribution in [0.5, 0.6) is 0 Å². The molecule has 1 aromatic heterocycles. The average molecular weight is 768 g/mol. The van der Waals surface area contributed by atoms with Gasteiger partial charge in [-0.25, -0.2) is 18.2 Å². The molecule has 1 aliphatic heterocycles. The maximum absolute atomic E-state index is 14.0. The Morgan fingerprint density at radius 3 is 2.19 bits per heavy atom. The molecule has 0 bridgehead atoms. The number of nitrogens with one attached hydrogen (secondary N) is 2. The van der Waals surface area contributed by atoms with Crippen molar-refractivity contribution in [1.29, 1.82) is 0 Å². The van der Waals surface area contributed by atoms with E-state index in [1.54, 1.807) is 7.05 Å². The van der Waals surface area contributed by atoms with Crippen LogP contribution in [-0.2, 0) is 16.6 Å². The van der Waals surface area contributed by atoms with Crippen LogP contribution < -0.4 is 10.0 Å². The molecule has 3 N–H and O–H groups in total. The number of aliphatic hydroxyl groups is 1. The highest BCUT2D eigenvalue weighted by molar-refractivity contribution is 7.78. The molecule has 1 saturated carbocycles. The quantitative estimate of drug-likeness (QED) is 0.0816. The fourth-order valence-corrected chi connectivity index (χ4v) is 6.92. The summed E-state index contributed by atoms with van der Waals surface area (Å²) in [6.07, 6.45) is -1.80. The molecule has 2 fully saturated rings. The van der Waals surface area contributed by atoms with Crippen LogP contribution in [0, 0.1) is 18.8 Å². The lowest BCUT2D eigenvalue weighted by atomic mass is 9.67. The van der Waals surface area contributed by atoms with Gasteiger partial charge in [0.05, 0.1) is 22.3 Å². The molecule has 53 heavy (non-hydrogen) atoms. The number of halogens is 6. The Labute approximate surface area is 311 Å². The first-order valence-corrected chi connectivity index (χ1v) is 17.5. The van der Waals surface area contributed by atoms with Gasteiger partial charge in [0.1, 0.15) is 18.4 Å². The van der Waals surface area contributed by atoms with Crippen LogP contribution in [0.15, 0.2) is 78.3 Å². The molecule has 1 aliphatic carbocycles. The smallest absolute Gasteiger partial charge is 0.400 e. The molecular weight excluding hydrogens is 721 g/mol. The Morgan fingerprint density at radius 2 is 1.64 bits per heavy atom. The monoisotopic (exact) mass is 767 g/mol. The molecule has 0 radical (unpaired) electrons. The standard InChI is InChI=1S/C36H38F6N4O2.CH5NS.CH4O/c1-4-26(36(40,41)42)10-11-27(20-37)44-34(48)30-19-28(46-15-13-35(38,39)14-16-46)18-29(31(30)21-47)24-7-5-23(6-8-24)25-9-12-33-32(17-25)43-22(2)45(33)3;1-2-3;1-2/h4-12,17,20-21,28-31H,13-16,18-19H2,1-3H3,(H,44,48);2-3H,1H3;2H,1H3/b11-10-,26-4+,27-20-;;/t28?,29-,30-,31?;;/m0../s1. The summed E-state index contributed by atoms with van der Waals surface area (Å²) in [4.78, 5) is 32.8. The number of hydrogen-bond acceptors (Lipinski definition) is 7. The summed E-state index contributed by atoms with van der Waals surface area (Å²) >= 11 is 3.54. The number of aldehydes is 1. The zero-order chi connectivity index (χ0) is 39.5. The predicted octanol–water partition coefficient (Wildman–Crippen LogP) is 7.61. The summed E-state index contributed by atoms with van der Waals surface area (Å²) in [6.45, 7) is 3.34. The minimum Gasteiger partial charge on any atom is -0.400 e. The van der Waals surface area contributed by atoms with E-state index in [2.05, 4.69) is 27.8 Å². The third-order valence-corrected chi connectivity index (χ3v) is 9.76. The van der Waals surface area contributed by atoms with Crippen LogP contribution in [0.25, 0.3) is 22.2 Å². The molecule has 15 heteroatoms. The number of fused-ring (bicyclic) bond motifs is 1. The van der Waals surface area contributed by atoms with E-state index in [4.69, 9.17) is 5.11 Å². The lowest BCUT2D eigenvalue weighted by molar-refractivity contribution is -0.133. The number of thiol groups is 1. The van der Waals surface area contributed by atoms with E-state index >= 15 is 0 Å². The molecule has 2 heterocycles. The molecule has 2 aliphatic rings. The summed E-state index contributed by atoms with van der Waals surface area (Å²) in [5, 5.41) is 9.35. The second-order valence-electron chi connectivity index (χ2n) is 12.8. The van der Waals surface area contributed by atoms with Gasteiger partial charge in [-0.05, 0) is 80.6 Å². The number of likely N-dealkylation sites (tertiary alicyclic amines) is 1. The summed E-state index contributed by atoms with van der Waals surface area (Å²) < 4.78 is 85.9. The number of amides is 1. The first-order chi connectivity index (χ1) is 25.2. The first kappa shape index (κ1) is 43.5. The number of allylic oxidation sites excluding steroid dienone is 4. The van der Waals surface area contributed by atoms with Crippen LogP contribution in [0.1, 0.15) is 49.9 Å². The number of carbonyl (C=O) groups excluding carboxylic acids is 2. The maximum atomic E-state index is 14.0. The number of aryl methyl sites for hydroxylation is 2. The van der Waals surface area contributed by atoms with Crippen molar-refractivity contribution < 1.29 is 41.0 Å². The van der Waals surface area contributed by atoms with Gasteiger partial charge >= 0.3 is 6.18 Å². The molecule has 1 saturated heterocycles. The number of imidazole rings is 1. The molecule has 4 atom stereocenters.